The normalized spacial score (nSPS) is 21.4. The van der Waals surface area contributed by atoms with Gasteiger partial charge in [0.15, 0.2) is 10.9 Å². The van der Waals surface area contributed by atoms with Crippen LogP contribution in [0, 0.1) is 6.92 Å². The van der Waals surface area contributed by atoms with Gasteiger partial charge in [-0.1, -0.05) is 11.3 Å². The molecule has 1 unspecified atom stereocenters. The molecule has 1 aliphatic heterocycles. The van der Waals surface area contributed by atoms with Crippen molar-refractivity contribution in [3.63, 3.8) is 0 Å². The molecule has 1 saturated heterocycles. The van der Waals surface area contributed by atoms with Crippen LogP contribution in [0.15, 0.2) is 0 Å². The zero-order valence-corrected chi connectivity index (χ0v) is 11.3. The Kier molecular flexibility index (Phi) is 3.79. The molecule has 0 spiro atoms. The average Bonchev–Trinajstić information content (AvgIpc) is 2.51. The molecule has 1 atom stereocenters. The standard InChI is InChI=1S/C12H18N2O2S/c1-8-7-14(5-4-6-16-8)12-13-9(2)11(17-12)10(3)15/h8H,4-7H2,1-3H3. The summed E-state index contributed by atoms with van der Waals surface area (Å²) in [5.41, 5.74) is 0.843. The molecule has 1 fully saturated rings. The molecule has 1 aromatic heterocycles. The van der Waals surface area contributed by atoms with E-state index in [0.29, 0.717) is 0 Å². The number of aryl methyl sites for hydroxylation is 1. The van der Waals surface area contributed by atoms with E-state index in [1.54, 1.807) is 6.92 Å². The van der Waals surface area contributed by atoms with Gasteiger partial charge >= 0.3 is 0 Å². The van der Waals surface area contributed by atoms with E-state index in [4.69, 9.17) is 4.74 Å². The lowest BCUT2D eigenvalue weighted by Gasteiger charge is -2.20. The molecule has 2 heterocycles. The summed E-state index contributed by atoms with van der Waals surface area (Å²) in [5, 5.41) is 0.949. The van der Waals surface area contributed by atoms with Gasteiger partial charge in [0, 0.05) is 26.6 Å². The second kappa shape index (κ2) is 5.14. The van der Waals surface area contributed by atoms with Crippen LogP contribution in [0.25, 0.3) is 0 Å². The number of ketones is 1. The van der Waals surface area contributed by atoms with E-state index in [9.17, 15) is 4.79 Å². The van der Waals surface area contributed by atoms with Crippen molar-refractivity contribution < 1.29 is 9.53 Å². The molecule has 5 heteroatoms. The first-order valence-electron chi connectivity index (χ1n) is 5.93. The highest BCUT2D eigenvalue weighted by molar-refractivity contribution is 7.17. The lowest BCUT2D eigenvalue weighted by atomic mass is 10.3. The maximum Gasteiger partial charge on any atom is 0.186 e. The van der Waals surface area contributed by atoms with Crippen molar-refractivity contribution in [3.8, 4) is 0 Å². The number of thiazole rings is 1. The molecule has 0 aromatic carbocycles. The first-order valence-corrected chi connectivity index (χ1v) is 6.74. The maximum absolute atomic E-state index is 11.4. The molecule has 0 amide bonds. The van der Waals surface area contributed by atoms with Gasteiger partial charge in [0.2, 0.25) is 0 Å². The minimum Gasteiger partial charge on any atom is -0.377 e. The quantitative estimate of drug-likeness (QED) is 0.759. The van der Waals surface area contributed by atoms with E-state index < -0.39 is 0 Å². The Morgan fingerprint density at radius 2 is 2.35 bits per heavy atom. The third kappa shape index (κ3) is 2.84. The van der Waals surface area contributed by atoms with Gasteiger partial charge in [-0.3, -0.25) is 4.79 Å². The fourth-order valence-electron chi connectivity index (χ4n) is 2.01. The third-order valence-electron chi connectivity index (χ3n) is 2.83. The van der Waals surface area contributed by atoms with Gasteiger partial charge in [-0.15, -0.1) is 0 Å². The molecule has 0 saturated carbocycles. The highest BCUT2D eigenvalue weighted by Crippen LogP contribution is 2.27. The second-order valence-corrected chi connectivity index (χ2v) is 5.43. The van der Waals surface area contributed by atoms with Gasteiger partial charge in [-0.25, -0.2) is 4.98 Å². The number of hydrogen-bond acceptors (Lipinski definition) is 5. The number of anilines is 1. The van der Waals surface area contributed by atoms with Gasteiger partial charge in [0.1, 0.15) is 0 Å². The van der Waals surface area contributed by atoms with Crippen molar-refractivity contribution >= 4 is 22.3 Å². The summed E-state index contributed by atoms with van der Waals surface area (Å²) in [5.74, 6) is 0.102. The molecule has 17 heavy (non-hydrogen) atoms. The molecule has 1 aromatic rings. The highest BCUT2D eigenvalue weighted by atomic mass is 32.1. The molecule has 94 valence electrons. The second-order valence-electron chi connectivity index (χ2n) is 4.45. The predicted octanol–water partition coefficient (Wildman–Crippen LogP) is 2.27. The molecule has 0 N–H and O–H groups in total. The van der Waals surface area contributed by atoms with Crippen LogP contribution in [0.1, 0.15) is 35.6 Å². The Balaban J connectivity index is 2.20. The van der Waals surface area contributed by atoms with Crippen LogP contribution in [0.3, 0.4) is 0 Å². The van der Waals surface area contributed by atoms with Crippen molar-refractivity contribution in [3.05, 3.63) is 10.6 Å². The lowest BCUT2D eigenvalue weighted by molar-refractivity contribution is 0.0820. The van der Waals surface area contributed by atoms with E-state index in [0.717, 1.165) is 41.8 Å². The van der Waals surface area contributed by atoms with Crippen LogP contribution in [0.2, 0.25) is 0 Å². The van der Waals surface area contributed by atoms with E-state index in [1.165, 1.54) is 11.3 Å². The van der Waals surface area contributed by atoms with Crippen LogP contribution in [-0.2, 0) is 4.74 Å². The number of carbonyl (C=O) groups excluding carboxylic acids is 1. The Morgan fingerprint density at radius 1 is 1.59 bits per heavy atom. The highest BCUT2D eigenvalue weighted by Gasteiger charge is 2.20. The molecule has 0 aliphatic carbocycles. The topological polar surface area (TPSA) is 42.4 Å². The predicted molar refractivity (Wildman–Crippen MR) is 69.1 cm³/mol. The summed E-state index contributed by atoms with van der Waals surface area (Å²) in [4.78, 5) is 18.9. The number of nitrogens with zero attached hydrogens (tertiary/aromatic N) is 2. The first-order chi connectivity index (χ1) is 8.08. The summed E-state index contributed by atoms with van der Waals surface area (Å²) in [7, 11) is 0. The Labute approximate surface area is 106 Å². The van der Waals surface area contributed by atoms with Crippen molar-refractivity contribution in [2.45, 2.75) is 33.3 Å². The van der Waals surface area contributed by atoms with Crippen molar-refractivity contribution in [2.75, 3.05) is 24.6 Å². The smallest absolute Gasteiger partial charge is 0.186 e. The Bertz CT molecular complexity index is 417. The SMILES string of the molecule is CC(=O)c1sc(N2CCCOC(C)C2)nc1C. The molecule has 1 aliphatic rings. The summed E-state index contributed by atoms with van der Waals surface area (Å²) in [6.07, 6.45) is 1.24. The van der Waals surface area contributed by atoms with Crippen LogP contribution in [0.5, 0.6) is 0 Å². The molecule has 0 radical (unpaired) electrons. The van der Waals surface area contributed by atoms with E-state index in [2.05, 4.69) is 16.8 Å². The number of rotatable bonds is 2. The third-order valence-corrected chi connectivity index (χ3v) is 4.15. The number of aromatic nitrogens is 1. The summed E-state index contributed by atoms with van der Waals surface area (Å²) in [6.45, 7) is 8.18. The van der Waals surface area contributed by atoms with Crippen molar-refractivity contribution in [1.82, 2.24) is 4.98 Å². The number of carbonyl (C=O) groups is 1. The van der Waals surface area contributed by atoms with Crippen molar-refractivity contribution in [2.24, 2.45) is 0 Å². The summed E-state index contributed by atoms with van der Waals surface area (Å²) < 4.78 is 5.61. The Morgan fingerprint density at radius 3 is 3.00 bits per heavy atom. The van der Waals surface area contributed by atoms with Gasteiger partial charge in [0.25, 0.3) is 0 Å². The van der Waals surface area contributed by atoms with Crippen LogP contribution in [-0.4, -0.2) is 36.6 Å². The van der Waals surface area contributed by atoms with E-state index in [1.807, 2.05) is 6.92 Å². The number of ether oxygens (including phenoxy) is 1. The molecule has 4 nitrogen and oxygen atoms in total. The van der Waals surface area contributed by atoms with Gasteiger partial charge < -0.3 is 9.64 Å². The fraction of sp³-hybridized carbons (Fsp3) is 0.667. The van der Waals surface area contributed by atoms with Crippen LogP contribution in [0.4, 0.5) is 5.13 Å². The molecular formula is C12H18N2O2S. The molecular weight excluding hydrogens is 236 g/mol. The van der Waals surface area contributed by atoms with E-state index in [-0.39, 0.29) is 11.9 Å². The monoisotopic (exact) mass is 254 g/mol. The fourth-order valence-corrected chi connectivity index (χ4v) is 3.01. The Hall–Kier alpha value is -0.940. The molecule has 2 rings (SSSR count). The van der Waals surface area contributed by atoms with E-state index >= 15 is 0 Å². The minimum atomic E-state index is 0.102. The van der Waals surface area contributed by atoms with Gasteiger partial charge in [-0.2, -0.15) is 0 Å². The summed E-state index contributed by atoms with van der Waals surface area (Å²) in [6, 6.07) is 0. The van der Waals surface area contributed by atoms with Crippen LogP contribution < -0.4 is 4.90 Å². The minimum absolute atomic E-state index is 0.102. The first kappa shape index (κ1) is 12.5. The zero-order chi connectivity index (χ0) is 12.4. The lowest BCUT2D eigenvalue weighted by Crippen LogP contribution is -2.29. The average molecular weight is 254 g/mol. The largest absolute Gasteiger partial charge is 0.377 e. The number of Topliss-reactive ketones (excluding diaryl/α,β-unsaturated/α-hetero) is 1. The number of hydrogen-bond donors (Lipinski definition) is 0. The van der Waals surface area contributed by atoms with Gasteiger partial charge in [-0.05, 0) is 20.3 Å². The van der Waals surface area contributed by atoms with Crippen molar-refractivity contribution in [1.29, 1.82) is 0 Å². The maximum atomic E-state index is 11.4. The van der Waals surface area contributed by atoms with Crippen LogP contribution >= 0.6 is 11.3 Å². The zero-order valence-electron chi connectivity index (χ0n) is 10.5. The summed E-state index contributed by atoms with van der Waals surface area (Å²) >= 11 is 1.50. The molecule has 0 bridgehead atoms. The van der Waals surface area contributed by atoms with Gasteiger partial charge in [0.05, 0.1) is 16.7 Å².